The average molecular weight is 305 g/mol. The van der Waals surface area contributed by atoms with Gasteiger partial charge in [0.25, 0.3) is 0 Å². The van der Waals surface area contributed by atoms with Crippen LogP contribution in [0.2, 0.25) is 0 Å². The van der Waals surface area contributed by atoms with E-state index in [2.05, 4.69) is 29.8 Å². The van der Waals surface area contributed by atoms with Crippen LogP contribution in [-0.2, 0) is 14.3 Å². The molecule has 4 heteroatoms. The number of halogens is 1. The fraction of sp³-hybridized carbons (Fsp3) is 0.923. The lowest BCUT2D eigenvalue weighted by atomic mass is 9.84. The van der Waals surface area contributed by atoms with Crippen LogP contribution < -0.4 is 0 Å². The summed E-state index contributed by atoms with van der Waals surface area (Å²) in [6, 6.07) is 0. The molecule has 0 amide bonds. The minimum Gasteiger partial charge on any atom is -0.348 e. The number of hydrogen-bond acceptors (Lipinski definition) is 3. The number of ether oxygens (including phenoxy) is 2. The molecule has 0 N–H and O–H groups in total. The highest BCUT2D eigenvalue weighted by Crippen LogP contribution is 2.47. The molecule has 2 atom stereocenters. The third kappa shape index (κ3) is 2.74. The molecular weight excluding hydrogens is 284 g/mol. The molecule has 2 fully saturated rings. The molecule has 1 saturated heterocycles. The highest BCUT2D eigenvalue weighted by atomic mass is 79.9. The van der Waals surface area contributed by atoms with Gasteiger partial charge in [-0.15, -0.1) is 0 Å². The zero-order chi connectivity index (χ0) is 12.7. The van der Waals surface area contributed by atoms with Gasteiger partial charge in [-0.2, -0.15) is 0 Å². The van der Waals surface area contributed by atoms with E-state index in [1.54, 1.807) is 0 Å². The third-order valence-corrected chi connectivity index (χ3v) is 5.47. The molecule has 1 aliphatic carbocycles. The SMILES string of the molecule is CC(CC(=O)C1(Br)CC1)C(C)C1(C)OCCO1. The van der Waals surface area contributed by atoms with Gasteiger partial charge in [0.2, 0.25) is 0 Å². The summed E-state index contributed by atoms with van der Waals surface area (Å²) >= 11 is 3.52. The number of alkyl halides is 1. The Hall–Kier alpha value is 0.0700. The van der Waals surface area contributed by atoms with Crippen LogP contribution in [0.1, 0.15) is 40.0 Å². The summed E-state index contributed by atoms with van der Waals surface area (Å²) in [6.07, 6.45) is 2.57. The van der Waals surface area contributed by atoms with Crippen LogP contribution in [-0.4, -0.2) is 29.1 Å². The number of carbonyl (C=O) groups excluding carboxylic acids is 1. The van der Waals surface area contributed by atoms with E-state index in [9.17, 15) is 4.79 Å². The summed E-state index contributed by atoms with van der Waals surface area (Å²) in [5, 5.41) is 0. The number of Topliss-reactive ketones (excluding diaryl/α,β-unsaturated/α-hetero) is 1. The topological polar surface area (TPSA) is 35.5 Å². The average Bonchev–Trinajstić information content (AvgIpc) is 2.88. The van der Waals surface area contributed by atoms with Crippen LogP contribution in [0, 0.1) is 11.8 Å². The van der Waals surface area contributed by atoms with E-state index in [0.29, 0.717) is 25.4 Å². The smallest absolute Gasteiger partial charge is 0.168 e. The zero-order valence-electron chi connectivity index (χ0n) is 10.8. The maximum absolute atomic E-state index is 12.0. The van der Waals surface area contributed by atoms with E-state index in [4.69, 9.17) is 9.47 Å². The molecule has 1 heterocycles. The Morgan fingerprint density at radius 3 is 2.29 bits per heavy atom. The molecular formula is C13H21BrO3. The van der Waals surface area contributed by atoms with Gasteiger partial charge in [0.1, 0.15) is 5.78 Å². The van der Waals surface area contributed by atoms with Gasteiger partial charge in [0.05, 0.1) is 17.5 Å². The molecule has 0 radical (unpaired) electrons. The normalized spacial score (nSPS) is 28.7. The van der Waals surface area contributed by atoms with E-state index in [-0.39, 0.29) is 16.2 Å². The van der Waals surface area contributed by atoms with Crippen molar-refractivity contribution in [2.45, 2.75) is 50.1 Å². The Morgan fingerprint density at radius 1 is 1.29 bits per heavy atom. The summed E-state index contributed by atoms with van der Waals surface area (Å²) in [4.78, 5) is 12.0. The molecule has 1 aliphatic heterocycles. The Bertz CT molecular complexity index is 306. The lowest BCUT2D eigenvalue weighted by Crippen LogP contribution is -2.39. The third-order valence-electron chi connectivity index (χ3n) is 4.24. The monoisotopic (exact) mass is 304 g/mol. The summed E-state index contributed by atoms with van der Waals surface area (Å²) < 4.78 is 11.1. The molecule has 0 aromatic carbocycles. The number of rotatable bonds is 5. The molecule has 0 bridgehead atoms. The molecule has 2 unspecified atom stereocenters. The Morgan fingerprint density at radius 2 is 1.82 bits per heavy atom. The van der Waals surface area contributed by atoms with Gasteiger partial charge in [0, 0.05) is 12.3 Å². The molecule has 2 aliphatic rings. The molecule has 0 spiro atoms. The summed E-state index contributed by atoms with van der Waals surface area (Å²) in [5.74, 6) is 0.325. The number of ketones is 1. The van der Waals surface area contributed by atoms with E-state index in [1.807, 2.05) is 6.92 Å². The van der Waals surface area contributed by atoms with Crippen molar-refractivity contribution in [2.24, 2.45) is 11.8 Å². The van der Waals surface area contributed by atoms with Crippen molar-refractivity contribution in [3.05, 3.63) is 0 Å². The Kier molecular flexibility index (Phi) is 3.68. The quantitative estimate of drug-likeness (QED) is 0.733. The van der Waals surface area contributed by atoms with Crippen molar-refractivity contribution < 1.29 is 14.3 Å². The zero-order valence-corrected chi connectivity index (χ0v) is 12.4. The number of hydrogen-bond donors (Lipinski definition) is 0. The van der Waals surface area contributed by atoms with Crippen molar-refractivity contribution in [1.82, 2.24) is 0 Å². The predicted octanol–water partition coefficient (Wildman–Crippen LogP) is 2.91. The summed E-state index contributed by atoms with van der Waals surface area (Å²) in [5.41, 5.74) is 0. The van der Waals surface area contributed by atoms with Crippen LogP contribution in [0.25, 0.3) is 0 Å². The molecule has 98 valence electrons. The van der Waals surface area contributed by atoms with Gasteiger partial charge in [-0.3, -0.25) is 4.79 Å². The minimum absolute atomic E-state index is 0.195. The first-order valence-corrected chi connectivity index (χ1v) is 7.17. The maximum atomic E-state index is 12.0. The van der Waals surface area contributed by atoms with Crippen LogP contribution in [0.3, 0.4) is 0 Å². The predicted molar refractivity (Wildman–Crippen MR) is 69.2 cm³/mol. The minimum atomic E-state index is -0.511. The van der Waals surface area contributed by atoms with E-state index >= 15 is 0 Å². The first-order chi connectivity index (χ1) is 7.87. The fourth-order valence-electron chi connectivity index (χ4n) is 2.35. The molecule has 2 rings (SSSR count). The number of carbonyl (C=O) groups is 1. The van der Waals surface area contributed by atoms with Gasteiger partial charge in [-0.05, 0) is 25.7 Å². The molecule has 0 aromatic rings. The van der Waals surface area contributed by atoms with Crippen LogP contribution in [0.4, 0.5) is 0 Å². The molecule has 0 aromatic heterocycles. The van der Waals surface area contributed by atoms with Gasteiger partial charge < -0.3 is 9.47 Å². The standard InChI is InChI=1S/C13H21BrO3/c1-9(8-11(15)13(14)4-5-13)10(2)12(3)16-6-7-17-12/h9-10H,4-8H2,1-3H3. The lowest BCUT2D eigenvalue weighted by molar-refractivity contribution is -0.188. The van der Waals surface area contributed by atoms with Crippen molar-refractivity contribution in [2.75, 3.05) is 13.2 Å². The van der Waals surface area contributed by atoms with Crippen LogP contribution >= 0.6 is 15.9 Å². The first-order valence-electron chi connectivity index (χ1n) is 6.37. The van der Waals surface area contributed by atoms with Crippen molar-refractivity contribution in [3.63, 3.8) is 0 Å². The molecule has 3 nitrogen and oxygen atoms in total. The largest absolute Gasteiger partial charge is 0.348 e. The fourth-order valence-corrected chi connectivity index (χ4v) is 2.71. The maximum Gasteiger partial charge on any atom is 0.168 e. The van der Waals surface area contributed by atoms with Gasteiger partial charge >= 0.3 is 0 Å². The van der Waals surface area contributed by atoms with E-state index < -0.39 is 5.79 Å². The summed E-state index contributed by atoms with van der Waals surface area (Å²) in [6.45, 7) is 7.51. The molecule has 17 heavy (non-hydrogen) atoms. The van der Waals surface area contributed by atoms with Crippen LogP contribution in [0.15, 0.2) is 0 Å². The highest BCUT2D eigenvalue weighted by Gasteiger charge is 2.48. The Balaban J connectivity index is 1.90. The molecule has 1 saturated carbocycles. The van der Waals surface area contributed by atoms with Crippen molar-refractivity contribution in [3.8, 4) is 0 Å². The van der Waals surface area contributed by atoms with Crippen molar-refractivity contribution >= 4 is 21.7 Å². The van der Waals surface area contributed by atoms with Gasteiger partial charge in [-0.25, -0.2) is 0 Å². The van der Waals surface area contributed by atoms with E-state index in [0.717, 1.165) is 12.8 Å². The van der Waals surface area contributed by atoms with Crippen molar-refractivity contribution in [1.29, 1.82) is 0 Å². The van der Waals surface area contributed by atoms with Gasteiger partial charge in [0.15, 0.2) is 5.79 Å². The van der Waals surface area contributed by atoms with E-state index in [1.165, 1.54) is 0 Å². The van der Waals surface area contributed by atoms with Gasteiger partial charge in [-0.1, -0.05) is 29.8 Å². The second-order valence-electron chi connectivity index (χ2n) is 5.57. The van der Waals surface area contributed by atoms with Crippen LogP contribution in [0.5, 0.6) is 0 Å². The second kappa shape index (κ2) is 4.63. The lowest BCUT2D eigenvalue weighted by Gasteiger charge is -2.33. The highest BCUT2D eigenvalue weighted by molar-refractivity contribution is 9.10. The second-order valence-corrected chi connectivity index (χ2v) is 7.09. The Labute approximate surface area is 111 Å². The summed E-state index contributed by atoms with van der Waals surface area (Å²) in [7, 11) is 0. The first kappa shape index (κ1) is 13.5.